The van der Waals surface area contributed by atoms with E-state index in [0.29, 0.717) is 12.1 Å². The van der Waals surface area contributed by atoms with Crippen molar-refractivity contribution in [3.63, 3.8) is 0 Å². The molecule has 0 atom stereocenters. The van der Waals surface area contributed by atoms with Crippen LogP contribution in [0.15, 0.2) is 29.2 Å². The first kappa shape index (κ1) is 15.5. The number of ether oxygens (including phenoxy) is 1. The van der Waals surface area contributed by atoms with E-state index in [-0.39, 0.29) is 23.8 Å². The number of esters is 1. The number of rotatable bonds is 6. The lowest BCUT2D eigenvalue weighted by molar-refractivity contribution is -0.140. The lowest BCUT2D eigenvalue weighted by Gasteiger charge is -2.16. The monoisotopic (exact) mass is 286 g/mol. The topological polar surface area (TPSA) is 89.7 Å². The molecule has 0 saturated heterocycles. The number of methoxy groups -OCH3 is 1. The Hall–Kier alpha value is -1.60. The molecule has 0 aliphatic heterocycles. The van der Waals surface area contributed by atoms with Crippen molar-refractivity contribution in [3.8, 4) is 0 Å². The Balaban J connectivity index is 2.67. The van der Waals surface area contributed by atoms with Crippen molar-refractivity contribution in [2.75, 3.05) is 26.4 Å². The van der Waals surface area contributed by atoms with Crippen LogP contribution in [0.4, 0.5) is 5.69 Å². The minimum Gasteiger partial charge on any atom is -0.469 e. The predicted octanol–water partition coefficient (Wildman–Crippen LogP) is 0.842. The van der Waals surface area contributed by atoms with E-state index in [1.54, 1.807) is 0 Å². The molecule has 0 fully saturated rings. The maximum Gasteiger partial charge on any atom is 0.305 e. The van der Waals surface area contributed by atoms with E-state index in [1.807, 2.05) is 0 Å². The van der Waals surface area contributed by atoms with Crippen molar-refractivity contribution >= 4 is 21.7 Å². The molecule has 1 aromatic carbocycles. The van der Waals surface area contributed by atoms with Crippen LogP contribution in [0, 0.1) is 0 Å². The SMILES string of the molecule is COC(=O)CCCN(C)S(=O)(=O)c1ccc(N)cc1. The zero-order chi connectivity index (χ0) is 14.5. The van der Waals surface area contributed by atoms with Crippen molar-refractivity contribution in [1.82, 2.24) is 4.31 Å². The van der Waals surface area contributed by atoms with Crippen molar-refractivity contribution in [3.05, 3.63) is 24.3 Å². The molecular weight excluding hydrogens is 268 g/mol. The van der Waals surface area contributed by atoms with Gasteiger partial charge in [-0.15, -0.1) is 0 Å². The number of nitrogens with zero attached hydrogens (tertiary/aromatic N) is 1. The van der Waals surface area contributed by atoms with Crippen LogP contribution in [0.2, 0.25) is 0 Å². The second-order valence-electron chi connectivity index (χ2n) is 4.08. The number of hydrogen-bond donors (Lipinski definition) is 1. The molecule has 0 aromatic heterocycles. The maximum absolute atomic E-state index is 12.2. The Morgan fingerprint density at radius 1 is 1.32 bits per heavy atom. The van der Waals surface area contributed by atoms with E-state index in [0.717, 1.165) is 0 Å². The molecule has 0 bridgehead atoms. The maximum atomic E-state index is 12.2. The number of benzene rings is 1. The van der Waals surface area contributed by atoms with E-state index in [9.17, 15) is 13.2 Å². The summed E-state index contributed by atoms with van der Waals surface area (Å²) in [6, 6.07) is 5.99. The molecule has 1 rings (SSSR count). The normalized spacial score (nSPS) is 11.5. The Bertz CT molecular complexity index is 525. The number of nitrogens with two attached hydrogens (primary N) is 1. The van der Waals surface area contributed by atoms with Gasteiger partial charge in [-0.3, -0.25) is 4.79 Å². The van der Waals surface area contributed by atoms with Gasteiger partial charge >= 0.3 is 5.97 Å². The van der Waals surface area contributed by atoms with E-state index >= 15 is 0 Å². The average molecular weight is 286 g/mol. The summed E-state index contributed by atoms with van der Waals surface area (Å²) < 4.78 is 30.0. The highest BCUT2D eigenvalue weighted by Crippen LogP contribution is 2.16. The molecule has 7 heteroatoms. The highest BCUT2D eigenvalue weighted by Gasteiger charge is 2.20. The van der Waals surface area contributed by atoms with Crippen LogP contribution in [0.1, 0.15) is 12.8 Å². The summed E-state index contributed by atoms with van der Waals surface area (Å²) >= 11 is 0. The van der Waals surface area contributed by atoms with Crippen LogP contribution in [0.3, 0.4) is 0 Å². The van der Waals surface area contributed by atoms with Gasteiger partial charge in [-0.1, -0.05) is 0 Å². The molecule has 2 N–H and O–H groups in total. The molecule has 0 saturated carbocycles. The first-order valence-electron chi connectivity index (χ1n) is 5.76. The zero-order valence-electron chi connectivity index (χ0n) is 11.0. The van der Waals surface area contributed by atoms with Crippen LogP contribution >= 0.6 is 0 Å². The van der Waals surface area contributed by atoms with E-state index < -0.39 is 10.0 Å². The van der Waals surface area contributed by atoms with Crippen molar-refractivity contribution in [1.29, 1.82) is 0 Å². The summed E-state index contributed by atoms with van der Waals surface area (Å²) in [5.74, 6) is -0.349. The standard InChI is InChI=1S/C12H18N2O4S/c1-14(9-3-4-12(15)18-2)19(16,17)11-7-5-10(13)6-8-11/h5-8H,3-4,9,13H2,1-2H3. The fourth-order valence-corrected chi connectivity index (χ4v) is 2.70. The number of hydrogen-bond acceptors (Lipinski definition) is 5. The molecule has 0 unspecified atom stereocenters. The van der Waals surface area contributed by atoms with Crippen LogP contribution in [0.5, 0.6) is 0 Å². The third kappa shape index (κ3) is 4.22. The third-order valence-corrected chi connectivity index (χ3v) is 4.54. The molecular formula is C12H18N2O4S. The van der Waals surface area contributed by atoms with Crippen molar-refractivity contribution in [2.45, 2.75) is 17.7 Å². The van der Waals surface area contributed by atoms with Gasteiger partial charge in [0.25, 0.3) is 0 Å². The molecule has 0 aliphatic rings. The highest BCUT2D eigenvalue weighted by atomic mass is 32.2. The average Bonchev–Trinajstić information content (AvgIpc) is 2.38. The van der Waals surface area contributed by atoms with Crippen molar-refractivity contribution < 1.29 is 17.9 Å². The smallest absolute Gasteiger partial charge is 0.305 e. The minimum absolute atomic E-state index is 0.183. The number of sulfonamides is 1. The van der Waals surface area contributed by atoms with Crippen LogP contribution in [-0.4, -0.2) is 39.4 Å². The first-order valence-corrected chi connectivity index (χ1v) is 7.20. The highest BCUT2D eigenvalue weighted by molar-refractivity contribution is 7.89. The minimum atomic E-state index is -3.53. The third-order valence-electron chi connectivity index (χ3n) is 2.67. The van der Waals surface area contributed by atoms with E-state index in [1.165, 1.54) is 42.7 Å². The second-order valence-corrected chi connectivity index (χ2v) is 6.12. The van der Waals surface area contributed by atoms with Crippen LogP contribution in [-0.2, 0) is 19.6 Å². The molecule has 0 spiro atoms. The van der Waals surface area contributed by atoms with Gasteiger partial charge in [-0.25, -0.2) is 12.7 Å². The number of carbonyl (C=O) groups is 1. The summed E-state index contributed by atoms with van der Waals surface area (Å²) in [7, 11) is -0.757. The van der Waals surface area contributed by atoms with Gasteiger partial charge < -0.3 is 10.5 Å². The van der Waals surface area contributed by atoms with Gasteiger partial charge in [0.15, 0.2) is 0 Å². The summed E-state index contributed by atoms with van der Waals surface area (Å²) in [6.45, 7) is 0.252. The van der Waals surface area contributed by atoms with Crippen LogP contribution in [0.25, 0.3) is 0 Å². The Kier molecular flexibility index (Phi) is 5.31. The van der Waals surface area contributed by atoms with Gasteiger partial charge in [0.1, 0.15) is 0 Å². The van der Waals surface area contributed by atoms with Gasteiger partial charge in [-0.2, -0.15) is 0 Å². The quantitative estimate of drug-likeness (QED) is 0.618. The molecule has 0 radical (unpaired) electrons. The van der Waals surface area contributed by atoms with Crippen molar-refractivity contribution in [2.24, 2.45) is 0 Å². The Morgan fingerprint density at radius 2 is 1.89 bits per heavy atom. The lowest BCUT2D eigenvalue weighted by Crippen LogP contribution is -2.28. The largest absolute Gasteiger partial charge is 0.469 e. The Morgan fingerprint density at radius 3 is 2.42 bits per heavy atom. The van der Waals surface area contributed by atoms with E-state index in [2.05, 4.69) is 4.74 Å². The summed E-state index contributed by atoms with van der Waals surface area (Å²) in [6.07, 6.45) is 0.607. The molecule has 1 aromatic rings. The lowest BCUT2D eigenvalue weighted by atomic mass is 10.3. The fourth-order valence-electron chi connectivity index (χ4n) is 1.49. The fraction of sp³-hybridized carbons (Fsp3) is 0.417. The van der Waals surface area contributed by atoms with E-state index in [4.69, 9.17) is 5.73 Å². The zero-order valence-corrected chi connectivity index (χ0v) is 11.8. The molecule has 106 valence electrons. The number of carbonyl (C=O) groups excluding carboxylic acids is 1. The molecule has 6 nitrogen and oxygen atoms in total. The summed E-state index contributed by atoms with van der Waals surface area (Å²) in [5.41, 5.74) is 6.02. The first-order chi connectivity index (χ1) is 8.87. The molecule has 0 amide bonds. The second kappa shape index (κ2) is 6.53. The molecule has 0 heterocycles. The van der Waals surface area contributed by atoms with Crippen LogP contribution < -0.4 is 5.73 Å². The van der Waals surface area contributed by atoms with Gasteiger partial charge in [0, 0.05) is 25.7 Å². The molecule has 0 aliphatic carbocycles. The van der Waals surface area contributed by atoms with Gasteiger partial charge in [0.2, 0.25) is 10.0 Å². The predicted molar refractivity (Wildman–Crippen MR) is 71.9 cm³/mol. The summed E-state index contributed by atoms with van der Waals surface area (Å²) in [4.78, 5) is 11.1. The number of nitrogen functional groups attached to an aromatic ring is 1. The van der Waals surface area contributed by atoms with Gasteiger partial charge in [-0.05, 0) is 30.7 Å². The number of anilines is 1. The molecule has 19 heavy (non-hydrogen) atoms. The Labute approximate surface area is 113 Å². The summed E-state index contributed by atoms with van der Waals surface area (Å²) in [5, 5.41) is 0. The van der Waals surface area contributed by atoms with Gasteiger partial charge in [0.05, 0.1) is 12.0 Å².